The number of rotatable bonds is 10. The van der Waals surface area contributed by atoms with Gasteiger partial charge in [0.2, 0.25) is 0 Å². The molecule has 0 saturated heterocycles. The molecule has 0 radical (unpaired) electrons. The standard InChI is InChI=1S/C36H42O2S/c1-23(2)33-19-13-29(21-35(33)25(5)6)37-27-9-15-31(16-10-27)39-32-17-11-28(12-18-32)38-30-14-20-34(24(3)4)36(22-30)26(7)8/h9-26H,1-8H3. The van der Waals surface area contributed by atoms with Crippen molar-refractivity contribution in [1.82, 2.24) is 0 Å². The first-order valence-corrected chi connectivity index (χ1v) is 14.9. The molecule has 0 aliphatic rings. The second kappa shape index (κ2) is 12.8. The summed E-state index contributed by atoms with van der Waals surface area (Å²) in [7, 11) is 0. The van der Waals surface area contributed by atoms with Crippen LogP contribution in [-0.4, -0.2) is 0 Å². The van der Waals surface area contributed by atoms with Gasteiger partial charge in [0.15, 0.2) is 0 Å². The zero-order chi connectivity index (χ0) is 28.1. The van der Waals surface area contributed by atoms with Crippen molar-refractivity contribution in [2.45, 2.75) is 88.9 Å². The molecule has 0 aliphatic carbocycles. The largest absolute Gasteiger partial charge is 0.457 e. The first kappa shape index (κ1) is 28.8. The Hall–Kier alpha value is -3.17. The van der Waals surface area contributed by atoms with Crippen molar-refractivity contribution in [3.05, 3.63) is 107 Å². The molecule has 0 heterocycles. The lowest BCUT2D eigenvalue weighted by Gasteiger charge is -2.17. The Morgan fingerprint density at radius 1 is 0.385 bits per heavy atom. The zero-order valence-corrected chi connectivity index (χ0v) is 25.4. The van der Waals surface area contributed by atoms with Gasteiger partial charge in [0.1, 0.15) is 23.0 Å². The van der Waals surface area contributed by atoms with Crippen molar-refractivity contribution < 1.29 is 9.47 Å². The maximum absolute atomic E-state index is 6.20. The van der Waals surface area contributed by atoms with Crippen LogP contribution in [0.2, 0.25) is 0 Å². The van der Waals surface area contributed by atoms with Gasteiger partial charge in [0, 0.05) is 9.79 Å². The molecule has 4 aromatic rings. The molecule has 4 rings (SSSR count). The van der Waals surface area contributed by atoms with Gasteiger partial charge in [-0.3, -0.25) is 0 Å². The van der Waals surface area contributed by atoms with E-state index in [2.05, 4.69) is 116 Å². The zero-order valence-electron chi connectivity index (χ0n) is 24.6. The summed E-state index contributed by atoms with van der Waals surface area (Å²) in [6.45, 7) is 17.9. The molecule has 4 aromatic carbocycles. The third kappa shape index (κ3) is 7.48. The molecule has 0 unspecified atom stereocenters. The fraction of sp³-hybridized carbons (Fsp3) is 0.333. The Kier molecular flexibility index (Phi) is 9.45. The van der Waals surface area contributed by atoms with E-state index in [9.17, 15) is 0 Å². The lowest BCUT2D eigenvalue weighted by molar-refractivity contribution is 0.480. The quantitative estimate of drug-likeness (QED) is 0.200. The molecule has 0 atom stereocenters. The Balaban J connectivity index is 1.39. The van der Waals surface area contributed by atoms with Crippen LogP contribution < -0.4 is 9.47 Å². The minimum atomic E-state index is 0.462. The Labute approximate surface area is 239 Å². The fourth-order valence-corrected chi connectivity index (χ4v) is 5.66. The second-order valence-corrected chi connectivity index (χ2v) is 12.6. The highest BCUT2D eigenvalue weighted by Crippen LogP contribution is 2.35. The van der Waals surface area contributed by atoms with Gasteiger partial charge in [-0.05, 0) is 119 Å². The van der Waals surface area contributed by atoms with Gasteiger partial charge in [0.25, 0.3) is 0 Å². The van der Waals surface area contributed by atoms with Gasteiger partial charge in [-0.15, -0.1) is 0 Å². The van der Waals surface area contributed by atoms with E-state index in [-0.39, 0.29) is 0 Å². The Morgan fingerprint density at radius 3 is 1.00 bits per heavy atom. The van der Waals surface area contributed by atoms with E-state index < -0.39 is 0 Å². The van der Waals surface area contributed by atoms with E-state index in [1.807, 2.05) is 24.3 Å². The smallest absolute Gasteiger partial charge is 0.127 e. The lowest BCUT2D eigenvalue weighted by atomic mass is 9.90. The Bertz CT molecular complexity index is 1260. The van der Waals surface area contributed by atoms with Crippen LogP contribution in [0.4, 0.5) is 0 Å². The van der Waals surface area contributed by atoms with Crippen molar-refractivity contribution in [3.63, 3.8) is 0 Å². The number of benzene rings is 4. The molecule has 0 amide bonds. The van der Waals surface area contributed by atoms with Crippen LogP contribution in [0.25, 0.3) is 0 Å². The maximum atomic E-state index is 6.20. The number of hydrogen-bond acceptors (Lipinski definition) is 3. The van der Waals surface area contributed by atoms with Crippen molar-refractivity contribution in [3.8, 4) is 23.0 Å². The number of ether oxygens (including phenoxy) is 2. The third-order valence-electron chi connectivity index (χ3n) is 6.96. The predicted octanol–water partition coefficient (Wildman–Crippen LogP) is 11.9. The van der Waals surface area contributed by atoms with Crippen molar-refractivity contribution in [2.75, 3.05) is 0 Å². The first-order chi connectivity index (χ1) is 18.6. The molecule has 0 bridgehead atoms. The lowest BCUT2D eigenvalue weighted by Crippen LogP contribution is -1.99. The maximum Gasteiger partial charge on any atom is 0.127 e. The van der Waals surface area contributed by atoms with Gasteiger partial charge in [-0.25, -0.2) is 0 Å². The highest BCUT2D eigenvalue weighted by Gasteiger charge is 2.13. The van der Waals surface area contributed by atoms with Crippen LogP contribution in [0.15, 0.2) is 94.7 Å². The average molecular weight is 539 g/mol. The van der Waals surface area contributed by atoms with Crippen LogP contribution in [0, 0.1) is 0 Å². The third-order valence-corrected chi connectivity index (χ3v) is 7.97. The van der Waals surface area contributed by atoms with Crippen LogP contribution in [-0.2, 0) is 0 Å². The molecule has 0 saturated carbocycles. The molecule has 0 aromatic heterocycles. The predicted molar refractivity (Wildman–Crippen MR) is 166 cm³/mol. The van der Waals surface area contributed by atoms with Crippen molar-refractivity contribution in [2.24, 2.45) is 0 Å². The van der Waals surface area contributed by atoms with E-state index in [4.69, 9.17) is 9.47 Å². The monoisotopic (exact) mass is 538 g/mol. The molecular weight excluding hydrogens is 496 g/mol. The average Bonchev–Trinajstić information content (AvgIpc) is 2.90. The van der Waals surface area contributed by atoms with Gasteiger partial charge < -0.3 is 9.47 Å². The topological polar surface area (TPSA) is 18.5 Å². The summed E-state index contributed by atoms with van der Waals surface area (Å²) in [4.78, 5) is 2.33. The molecule has 3 heteroatoms. The van der Waals surface area contributed by atoms with Crippen LogP contribution in [0.1, 0.15) is 101 Å². The summed E-state index contributed by atoms with van der Waals surface area (Å²) in [5, 5.41) is 0. The summed E-state index contributed by atoms with van der Waals surface area (Å²) in [6.07, 6.45) is 0. The molecule has 0 spiro atoms. The minimum absolute atomic E-state index is 0.462. The fourth-order valence-electron chi connectivity index (χ4n) is 4.84. The molecule has 2 nitrogen and oxygen atoms in total. The highest BCUT2D eigenvalue weighted by atomic mass is 32.2. The molecule has 0 N–H and O–H groups in total. The summed E-state index contributed by atoms with van der Waals surface area (Å²) in [5.74, 6) is 5.40. The summed E-state index contributed by atoms with van der Waals surface area (Å²) in [6, 6.07) is 29.6. The van der Waals surface area contributed by atoms with Crippen LogP contribution >= 0.6 is 11.8 Å². The van der Waals surface area contributed by atoms with E-state index in [1.54, 1.807) is 11.8 Å². The van der Waals surface area contributed by atoms with Gasteiger partial charge in [0.05, 0.1) is 0 Å². The Morgan fingerprint density at radius 2 is 0.692 bits per heavy atom. The van der Waals surface area contributed by atoms with Gasteiger partial charge >= 0.3 is 0 Å². The molecule has 0 fully saturated rings. The molecule has 39 heavy (non-hydrogen) atoms. The second-order valence-electron chi connectivity index (χ2n) is 11.4. The molecular formula is C36H42O2S. The number of hydrogen-bond donors (Lipinski definition) is 0. The van der Waals surface area contributed by atoms with E-state index in [0.29, 0.717) is 23.7 Å². The van der Waals surface area contributed by atoms with Crippen LogP contribution in [0.3, 0.4) is 0 Å². The normalized spacial score (nSPS) is 11.6. The molecule has 0 aliphatic heterocycles. The highest BCUT2D eigenvalue weighted by molar-refractivity contribution is 7.99. The SMILES string of the molecule is CC(C)c1ccc(Oc2ccc(Sc3ccc(Oc4ccc(C(C)C)c(C(C)C)c4)cc3)cc2)cc1C(C)C. The van der Waals surface area contributed by atoms with Crippen molar-refractivity contribution in [1.29, 1.82) is 0 Å². The minimum Gasteiger partial charge on any atom is -0.457 e. The van der Waals surface area contributed by atoms with E-state index >= 15 is 0 Å². The van der Waals surface area contributed by atoms with Crippen LogP contribution in [0.5, 0.6) is 23.0 Å². The summed E-state index contributed by atoms with van der Waals surface area (Å²) >= 11 is 1.73. The van der Waals surface area contributed by atoms with Gasteiger partial charge in [-0.1, -0.05) is 79.3 Å². The summed E-state index contributed by atoms with van der Waals surface area (Å²) in [5.41, 5.74) is 5.50. The summed E-state index contributed by atoms with van der Waals surface area (Å²) < 4.78 is 12.4. The first-order valence-electron chi connectivity index (χ1n) is 14.1. The molecule has 204 valence electrons. The van der Waals surface area contributed by atoms with E-state index in [0.717, 1.165) is 23.0 Å². The van der Waals surface area contributed by atoms with Crippen molar-refractivity contribution >= 4 is 11.8 Å². The van der Waals surface area contributed by atoms with E-state index in [1.165, 1.54) is 32.0 Å². The van der Waals surface area contributed by atoms with Gasteiger partial charge in [-0.2, -0.15) is 0 Å².